The van der Waals surface area contributed by atoms with Crippen LogP contribution in [0.25, 0.3) is 0 Å². The first kappa shape index (κ1) is 15.4. The SMILES string of the molecule is O=C(CCOC1CCNCC1)Cc1ccc(F)cc1Cl. The van der Waals surface area contributed by atoms with E-state index < -0.39 is 0 Å². The maximum Gasteiger partial charge on any atom is 0.139 e. The van der Waals surface area contributed by atoms with Gasteiger partial charge in [0.1, 0.15) is 11.6 Å². The van der Waals surface area contributed by atoms with E-state index in [4.69, 9.17) is 16.3 Å². The average Bonchev–Trinajstić information content (AvgIpc) is 2.43. The van der Waals surface area contributed by atoms with Crippen LogP contribution in [0.2, 0.25) is 5.02 Å². The van der Waals surface area contributed by atoms with Crippen molar-refractivity contribution in [1.82, 2.24) is 5.32 Å². The second kappa shape index (κ2) is 7.72. The second-order valence-corrected chi connectivity index (χ2v) is 5.43. The predicted octanol–water partition coefficient (Wildman–Crippen LogP) is 2.75. The highest BCUT2D eigenvalue weighted by Gasteiger charge is 2.14. The number of carbonyl (C=O) groups excluding carboxylic acids is 1. The molecule has 0 unspecified atom stereocenters. The zero-order valence-corrected chi connectivity index (χ0v) is 12.1. The van der Waals surface area contributed by atoms with Crippen molar-refractivity contribution in [3.8, 4) is 0 Å². The summed E-state index contributed by atoms with van der Waals surface area (Å²) in [6, 6.07) is 4.11. The minimum absolute atomic E-state index is 0.0624. The molecular formula is C15H19ClFNO2. The zero-order valence-electron chi connectivity index (χ0n) is 11.3. The normalized spacial score (nSPS) is 16.3. The molecule has 2 rings (SSSR count). The van der Waals surface area contributed by atoms with Crippen LogP contribution in [-0.2, 0) is 16.0 Å². The molecule has 0 spiro atoms. The van der Waals surface area contributed by atoms with Crippen LogP contribution >= 0.6 is 11.6 Å². The van der Waals surface area contributed by atoms with Crippen molar-refractivity contribution in [1.29, 1.82) is 0 Å². The number of Topliss-reactive ketones (excluding diaryl/α,β-unsaturated/α-hetero) is 1. The van der Waals surface area contributed by atoms with Crippen molar-refractivity contribution < 1.29 is 13.9 Å². The van der Waals surface area contributed by atoms with E-state index in [9.17, 15) is 9.18 Å². The van der Waals surface area contributed by atoms with Crippen LogP contribution in [0.15, 0.2) is 18.2 Å². The summed E-state index contributed by atoms with van der Waals surface area (Å²) in [6.45, 7) is 2.40. The molecule has 0 radical (unpaired) electrons. The highest BCUT2D eigenvalue weighted by Crippen LogP contribution is 2.18. The number of halogens is 2. The maximum atomic E-state index is 12.9. The predicted molar refractivity (Wildman–Crippen MR) is 76.6 cm³/mol. The van der Waals surface area contributed by atoms with Gasteiger partial charge in [-0.25, -0.2) is 4.39 Å². The molecule has 1 heterocycles. The third-order valence-corrected chi connectivity index (χ3v) is 3.78. The van der Waals surface area contributed by atoms with Gasteiger partial charge < -0.3 is 10.1 Å². The van der Waals surface area contributed by atoms with Crippen LogP contribution in [-0.4, -0.2) is 31.6 Å². The summed E-state index contributed by atoms with van der Waals surface area (Å²) in [4.78, 5) is 11.8. The van der Waals surface area contributed by atoms with E-state index in [-0.39, 0.29) is 24.1 Å². The Bertz CT molecular complexity index is 461. The van der Waals surface area contributed by atoms with E-state index in [1.165, 1.54) is 12.1 Å². The molecular weight excluding hydrogens is 281 g/mol. The van der Waals surface area contributed by atoms with Crippen molar-refractivity contribution >= 4 is 17.4 Å². The lowest BCUT2D eigenvalue weighted by atomic mass is 10.1. The van der Waals surface area contributed by atoms with Gasteiger partial charge >= 0.3 is 0 Å². The third-order valence-electron chi connectivity index (χ3n) is 3.42. The number of benzene rings is 1. The van der Waals surface area contributed by atoms with E-state index in [2.05, 4.69) is 5.32 Å². The number of ether oxygens (including phenoxy) is 1. The second-order valence-electron chi connectivity index (χ2n) is 5.02. The molecule has 0 amide bonds. The molecule has 1 saturated heterocycles. The first-order chi connectivity index (χ1) is 9.65. The van der Waals surface area contributed by atoms with Crippen LogP contribution in [0.4, 0.5) is 4.39 Å². The van der Waals surface area contributed by atoms with Crippen molar-refractivity contribution in [3.05, 3.63) is 34.6 Å². The molecule has 0 atom stereocenters. The summed E-state index contributed by atoms with van der Waals surface area (Å²) in [5.74, 6) is -0.326. The largest absolute Gasteiger partial charge is 0.378 e. The van der Waals surface area contributed by atoms with Crippen LogP contribution in [0.1, 0.15) is 24.8 Å². The van der Waals surface area contributed by atoms with E-state index in [1.807, 2.05) is 0 Å². The van der Waals surface area contributed by atoms with Crippen molar-refractivity contribution in [3.63, 3.8) is 0 Å². The van der Waals surface area contributed by atoms with Gasteiger partial charge in [0.2, 0.25) is 0 Å². The summed E-state index contributed by atoms with van der Waals surface area (Å²) >= 11 is 5.90. The molecule has 20 heavy (non-hydrogen) atoms. The summed E-state index contributed by atoms with van der Waals surface area (Å²) in [5, 5.41) is 3.57. The van der Waals surface area contributed by atoms with E-state index in [0.29, 0.717) is 23.6 Å². The number of hydrogen-bond acceptors (Lipinski definition) is 3. The fourth-order valence-electron chi connectivity index (χ4n) is 2.27. The standard InChI is InChI=1S/C15H19ClFNO2/c16-15-10-12(17)2-1-11(15)9-13(19)5-8-20-14-3-6-18-7-4-14/h1-2,10,14,18H,3-9H2. The third kappa shape index (κ3) is 4.85. The van der Waals surface area contributed by atoms with Gasteiger partial charge in [0, 0.05) is 17.9 Å². The van der Waals surface area contributed by atoms with Gasteiger partial charge in [0.05, 0.1) is 12.7 Å². The molecule has 110 valence electrons. The van der Waals surface area contributed by atoms with Gasteiger partial charge in [-0.05, 0) is 43.6 Å². The van der Waals surface area contributed by atoms with Crippen molar-refractivity contribution in [2.45, 2.75) is 31.8 Å². The Morgan fingerprint density at radius 2 is 2.15 bits per heavy atom. The molecule has 1 N–H and O–H groups in total. The molecule has 0 aromatic heterocycles. The Balaban J connectivity index is 1.72. The van der Waals surface area contributed by atoms with E-state index >= 15 is 0 Å². The fourth-order valence-corrected chi connectivity index (χ4v) is 2.50. The molecule has 1 aromatic carbocycles. The molecule has 1 aromatic rings. The van der Waals surface area contributed by atoms with Crippen LogP contribution in [0.5, 0.6) is 0 Å². The van der Waals surface area contributed by atoms with Crippen LogP contribution in [0, 0.1) is 5.82 Å². The zero-order chi connectivity index (χ0) is 14.4. The number of hydrogen-bond donors (Lipinski definition) is 1. The van der Waals surface area contributed by atoms with Gasteiger partial charge in [0.15, 0.2) is 0 Å². The molecule has 1 aliphatic heterocycles. The van der Waals surface area contributed by atoms with Gasteiger partial charge in [-0.2, -0.15) is 0 Å². The number of rotatable bonds is 6. The number of carbonyl (C=O) groups is 1. The molecule has 5 heteroatoms. The van der Waals surface area contributed by atoms with Gasteiger partial charge in [0.25, 0.3) is 0 Å². The lowest BCUT2D eigenvalue weighted by molar-refractivity contribution is -0.120. The summed E-state index contributed by atoms with van der Waals surface area (Å²) < 4.78 is 18.6. The first-order valence-electron chi connectivity index (χ1n) is 6.93. The Morgan fingerprint density at radius 3 is 2.85 bits per heavy atom. The summed E-state index contributed by atoms with van der Waals surface area (Å²) in [5.41, 5.74) is 0.667. The Morgan fingerprint density at radius 1 is 1.40 bits per heavy atom. The van der Waals surface area contributed by atoms with Crippen molar-refractivity contribution in [2.24, 2.45) is 0 Å². The Labute approximate surface area is 123 Å². The average molecular weight is 300 g/mol. The molecule has 0 bridgehead atoms. The molecule has 0 aliphatic carbocycles. The smallest absolute Gasteiger partial charge is 0.139 e. The first-order valence-corrected chi connectivity index (χ1v) is 7.31. The summed E-state index contributed by atoms with van der Waals surface area (Å²) in [6.07, 6.45) is 2.86. The van der Waals surface area contributed by atoms with Gasteiger partial charge in [-0.1, -0.05) is 17.7 Å². The number of piperidine rings is 1. The molecule has 1 fully saturated rings. The van der Waals surface area contributed by atoms with Crippen LogP contribution in [0.3, 0.4) is 0 Å². The Hall–Kier alpha value is -0.970. The van der Waals surface area contributed by atoms with E-state index in [0.717, 1.165) is 25.9 Å². The van der Waals surface area contributed by atoms with E-state index in [1.54, 1.807) is 6.07 Å². The van der Waals surface area contributed by atoms with Gasteiger partial charge in [-0.15, -0.1) is 0 Å². The lowest BCUT2D eigenvalue weighted by Crippen LogP contribution is -2.32. The highest BCUT2D eigenvalue weighted by molar-refractivity contribution is 6.31. The highest BCUT2D eigenvalue weighted by atomic mass is 35.5. The molecule has 1 aliphatic rings. The monoisotopic (exact) mass is 299 g/mol. The molecule has 0 saturated carbocycles. The number of ketones is 1. The van der Waals surface area contributed by atoms with Crippen molar-refractivity contribution in [2.75, 3.05) is 19.7 Å². The topological polar surface area (TPSA) is 38.3 Å². The van der Waals surface area contributed by atoms with Gasteiger partial charge in [-0.3, -0.25) is 4.79 Å². The Kier molecular flexibility index (Phi) is 5.95. The molecule has 3 nitrogen and oxygen atoms in total. The quantitative estimate of drug-likeness (QED) is 0.878. The van der Waals surface area contributed by atoms with Crippen LogP contribution < -0.4 is 5.32 Å². The lowest BCUT2D eigenvalue weighted by Gasteiger charge is -2.22. The number of nitrogens with one attached hydrogen (secondary N) is 1. The summed E-state index contributed by atoms with van der Waals surface area (Å²) in [7, 11) is 0. The minimum atomic E-state index is -0.388. The minimum Gasteiger partial charge on any atom is -0.378 e. The maximum absolute atomic E-state index is 12.9. The fraction of sp³-hybridized carbons (Fsp3) is 0.533.